The molecule has 0 aliphatic carbocycles. The topological polar surface area (TPSA) is 42.4 Å². The average molecular weight is 247 g/mol. The molecule has 1 N–H and O–H groups in total. The second kappa shape index (κ2) is 5.60. The van der Waals surface area contributed by atoms with Crippen LogP contribution in [0.15, 0.2) is 42.6 Å². The van der Waals surface area contributed by atoms with Crippen molar-refractivity contribution < 1.29 is 14.2 Å². The van der Waals surface area contributed by atoms with E-state index in [1.54, 1.807) is 30.5 Å². The fourth-order valence-corrected chi connectivity index (χ4v) is 1.67. The van der Waals surface area contributed by atoms with E-state index in [1.165, 1.54) is 19.2 Å². The van der Waals surface area contributed by atoms with Gasteiger partial charge in [0.1, 0.15) is 5.82 Å². The molecule has 0 spiro atoms. The van der Waals surface area contributed by atoms with Crippen molar-refractivity contribution >= 4 is 0 Å². The number of aliphatic hydroxyl groups excluding tert-OH is 1. The first-order valence-electron chi connectivity index (χ1n) is 5.61. The Balaban J connectivity index is 2.06. The van der Waals surface area contributed by atoms with Gasteiger partial charge in [0.05, 0.1) is 13.2 Å². The zero-order valence-electron chi connectivity index (χ0n) is 10.0. The van der Waals surface area contributed by atoms with Crippen LogP contribution in [-0.4, -0.2) is 17.2 Å². The molecule has 1 atom stereocenters. The minimum atomic E-state index is -0.658. The SMILES string of the molecule is COc1ccc(C(O)Cc2ccc(F)cc2)cn1. The normalized spacial score (nSPS) is 12.2. The van der Waals surface area contributed by atoms with Crippen molar-refractivity contribution in [3.63, 3.8) is 0 Å². The Morgan fingerprint density at radius 3 is 2.50 bits per heavy atom. The first kappa shape index (κ1) is 12.5. The largest absolute Gasteiger partial charge is 0.481 e. The van der Waals surface area contributed by atoms with Gasteiger partial charge in [0.2, 0.25) is 5.88 Å². The highest BCUT2D eigenvalue weighted by molar-refractivity contribution is 5.23. The van der Waals surface area contributed by atoms with Crippen molar-refractivity contribution in [1.82, 2.24) is 4.98 Å². The number of ether oxygens (including phenoxy) is 1. The van der Waals surface area contributed by atoms with Crippen LogP contribution in [-0.2, 0) is 6.42 Å². The molecule has 0 aliphatic heterocycles. The van der Waals surface area contributed by atoms with Crippen LogP contribution in [0, 0.1) is 5.82 Å². The van der Waals surface area contributed by atoms with Crippen LogP contribution in [0.1, 0.15) is 17.2 Å². The molecule has 2 rings (SSSR count). The molecule has 0 amide bonds. The lowest BCUT2D eigenvalue weighted by Gasteiger charge is -2.11. The Morgan fingerprint density at radius 2 is 1.94 bits per heavy atom. The summed E-state index contributed by atoms with van der Waals surface area (Å²) in [7, 11) is 1.54. The Labute approximate surface area is 105 Å². The molecule has 3 nitrogen and oxygen atoms in total. The smallest absolute Gasteiger partial charge is 0.212 e. The number of benzene rings is 1. The van der Waals surface area contributed by atoms with Crippen LogP contribution >= 0.6 is 0 Å². The zero-order valence-corrected chi connectivity index (χ0v) is 10.0. The van der Waals surface area contributed by atoms with E-state index in [0.29, 0.717) is 17.9 Å². The highest BCUT2D eigenvalue weighted by Gasteiger charge is 2.09. The highest BCUT2D eigenvalue weighted by Crippen LogP contribution is 2.19. The second-order valence-corrected chi connectivity index (χ2v) is 3.98. The third-order valence-corrected chi connectivity index (χ3v) is 2.70. The molecular weight excluding hydrogens is 233 g/mol. The summed E-state index contributed by atoms with van der Waals surface area (Å²) in [5.74, 6) is 0.229. The summed E-state index contributed by atoms with van der Waals surface area (Å²) in [5.41, 5.74) is 1.58. The first-order valence-corrected chi connectivity index (χ1v) is 5.61. The number of nitrogens with zero attached hydrogens (tertiary/aromatic N) is 1. The highest BCUT2D eigenvalue weighted by atomic mass is 19.1. The number of hydrogen-bond acceptors (Lipinski definition) is 3. The van der Waals surface area contributed by atoms with E-state index >= 15 is 0 Å². The third-order valence-electron chi connectivity index (χ3n) is 2.70. The minimum Gasteiger partial charge on any atom is -0.481 e. The molecule has 1 aromatic carbocycles. The van der Waals surface area contributed by atoms with Crippen LogP contribution in [0.25, 0.3) is 0 Å². The average Bonchev–Trinajstić information content (AvgIpc) is 2.41. The molecule has 0 bridgehead atoms. The van der Waals surface area contributed by atoms with Gasteiger partial charge < -0.3 is 9.84 Å². The lowest BCUT2D eigenvalue weighted by atomic mass is 10.0. The minimum absolute atomic E-state index is 0.278. The van der Waals surface area contributed by atoms with E-state index < -0.39 is 6.10 Å². The van der Waals surface area contributed by atoms with E-state index in [-0.39, 0.29) is 5.82 Å². The number of methoxy groups -OCH3 is 1. The number of hydrogen-bond donors (Lipinski definition) is 1. The van der Waals surface area contributed by atoms with Gasteiger partial charge in [0, 0.05) is 18.7 Å². The molecule has 0 saturated carbocycles. The maximum absolute atomic E-state index is 12.7. The maximum Gasteiger partial charge on any atom is 0.212 e. The number of pyridine rings is 1. The van der Waals surface area contributed by atoms with E-state index in [1.807, 2.05) is 0 Å². The Hall–Kier alpha value is -1.94. The number of halogens is 1. The summed E-state index contributed by atoms with van der Waals surface area (Å²) in [6.07, 6.45) is 1.34. The number of aliphatic hydroxyl groups is 1. The van der Waals surface area contributed by atoms with Gasteiger partial charge >= 0.3 is 0 Å². The van der Waals surface area contributed by atoms with Crippen LogP contribution in [0.2, 0.25) is 0 Å². The van der Waals surface area contributed by atoms with Crippen molar-refractivity contribution in [2.45, 2.75) is 12.5 Å². The molecule has 18 heavy (non-hydrogen) atoms. The molecule has 4 heteroatoms. The quantitative estimate of drug-likeness (QED) is 0.902. The lowest BCUT2D eigenvalue weighted by Crippen LogP contribution is -2.02. The van der Waals surface area contributed by atoms with Gasteiger partial charge in [-0.05, 0) is 29.3 Å². The second-order valence-electron chi connectivity index (χ2n) is 3.98. The first-order chi connectivity index (χ1) is 8.69. The van der Waals surface area contributed by atoms with Gasteiger partial charge in [-0.2, -0.15) is 0 Å². The fourth-order valence-electron chi connectivity index (χ4n) is 1.67. The molecule has 1 heterocycles. The lowest BCUT2D eigenvalue weighted by molar-refractivity contribution is 0.178. The van der Waals surface area contributed by atoms with Gasteiger partial charge in [-0.1, -0.05) is 12.1 Å². The van der Waals surface area contributed by atoms with Gasteiger partial charge in [0.25, 0.3) is 0 Å². The monoisotopic (exact) mass is 247 g/mol. The fraction of sp³-hybridized carbons (Fsp3) is 0.214. The van der Waals surface area contributed by atoms with Crippen molar-refractivity contribution in [3.8, 4) is 5.88 Å². The predicted octanol–water partition coefficient (Wildman–Crippen LogP) is 2.51. The zero-order chi connectivity index (χ0) is 13.0. The Morgan fingerprint density at radius 1 is 1.22 bits per heavy atom. The molecule has 0 fully saturated rings. The van der Waals surface area contributed by atoms with Crippen molar-refractivity contribution in [3.05, 3.63) is 59.5 Å². The summed E-state index contributed by atoms with van der Waals surface area (Å²) >= 11 is 0. The van der Waals surface area contributed by atoms with Gasteiger partial charge in [-0.3, -0.25) is 0 Å². The molecule has 0 radical (unpaired) electrons. The van der Waals surface area contributed by atoms with Gasteiger partial charge in [-0.15, -0.1) is 0 Å². The van der Waals surface area contributed by atoms with E-state index in [9.17, 15) is 9.50 Å². The molecular formula is C14H14FNO2. The standard InChI is InChI=1S/C14H14FNO2/c1-18-14-7-4-11(9-16-14)13(17)8-10-2-5-12(15)6-3-10/h2-7,9,13,17H,8H2,1H3. The van der Waals surface area contributed by atoms with Crippen LogP contribution < -0.4 is 4.74 Å². The molecule has 0 aliphatic rings. The van der Waals surface area contributed by atoms with Crippen molar-refractivity contribution in [2.75, 3.05) is 7.11 Å². The Bertz CT molecular complexity index is 496. The van der Waals surface area contributed by atoms with Crippen molar-refractivity contribution in [1.29, 1.82) is 0 Å². The third kappa shape index (κ3) is 3.05. The number of rotatable bonds is 4. The summed E-state index contributed by atoms with van der Waals surface area (Å²) in [4.78, 5) is 4.03. The van der Waals surface area contributed by atoms with Gasteiger partial charge in [0.15, 0.2) is 0 Å². The van der Waals surface area contributed by atoms with Crippen molar-refractivity contribution in [2.24, 2.45) is 0 Å². The molecule has 94 valence electrons. The van der Waals surface area contributed by atoms with E-state index in [4.69, 9.17) is 4.74 Å². The van der Waals surface area contributed by atoms with Crippen LogP contribution in [0.3, 0.4) is 0 Å². The van der Waals surface area contributed by atoms with Gasteiger partial charge in [-0.25, -0.2) is 9.37 Å². The van der Waals surface area contributed by atoms with Crippen LogP contribution in [0.5, 0.6) is 5.88 Å². The Kier molecular flexibility index (Phi) is 3.89. The summed E-state index contributed by atoms with van der Waals surface area (Å²) < 4.78 is 17.7. The molecule has 1 aromatic heterocycles. The molecule has 1 unspecified atom stereocenters. The summed E-state index contributed by atoms with van der Waals surface area (Å²) in [5, 5.41) is 10.0. The van der Waals surface area contributed by atoms with E-state index in [0.717, 1.165) is 5.56 Å². The summed E-state index contributed by atoms with van der Waals surface area (Å²) in [6, 6.07) is 9.55. The van der Waals surface area contributed by atoms with E-state index in [2.05, 4.69) is 4.98 Å². The predicted molar refractivity (Wildman–Crippen MR) is 65.9 cm³/mol. The van der Waals surface area contributed by atoms with Crippen LogP contribution in [0.4, 0.5) is 4.39 Å². The number of aromatic nitrogens is 1. The molecule has 0 saturated heterocycles. The summed E-state index contributed by atoms with van der Waals surface area (Å²) in [6.45, 7) is 0. The maximum atomic E-state index is 12.7. The molecule has 2 aromatic rings.